The van der Waals surface area contributed by atoms with Crippen LogP contribution in [0.2, 0.25) is 0 Å². The molecule has 2 heteroatoms. The van der Waals surface area contributed by atoms with Gasteiger partial charge in [0.25, 0.3) is 0 Å². The van der Waals surface area contributed by atoms with Crippen LogP contribution in [0.5, 0.6) is 0 Å². The van der Waals surface area contributed by atoms with Gasteiger partial charge in [-0.3, -0.25) is 9.98 Å². The summed E-state index contributed by atoms with van der Waals surface area (Å²) in [5.41, 5.74) is 5.89. The monoisotopic (exact) mass is 286 g/mol. The number of aromatic nitrogens is 1. The van der Waals surface area contributed by atoms with E-state index < -0.39 is 0 Å². The SMILES string of the molecule is C(=N\c1c2c(nc3ccccc13)CCCC2)/c1ccccc1. The summed E-state index contributed by atoms with van der Waals surface area (Å²) in [7, 11) is 0. The maximum Gasteiger partial charge on any atom is 0.0774 e. The van der Waals surface area contributed by atoms with E-state index in [1.807, 2.05) is 24.4 Å². The minimum atomic E-state index is 1.06. The van der Waals surface area contributed by atoms with E-state index in [0.29, 0.717) is 0 Å². The van der Waals surface area contributed by atoms with Crippen LogP contribution >= 0.6 is 0 Å². The van der Waals surface area contributed by atoms with Gasteiger partial charge < -0.3 is 0 Å². The molecule has 0 unspecified atom stereocenters. The minimum Gasteiger partial charge on any atom is -0.255 e. The van der Waals surface area contributed by atoms with E-state index in [9.17, 15) is 0 Å². The number of hydrogen-bond acceptors (Lipinski definition) is 2. The Morgan fingerprint density at radius 2 is 1.64 bits per heavy atom. The van der Waals surface area contributed by atoms with Crippen LogP contribution in [-0.4, -0.2) is 11.2 Å². The number of nitrogens with zero attached hydrogens (tertiary/aromatic N) is 2. The number of aryl methyl sites for hydroxylation is 1. The molecule has 0 bridgehead atoms. The summed E-state index contributed by atoms with van der Waals surface area (Å²) in [4.78, 5) is 9.71. The average molecular weight is 286 g/mol. The Morgan fingerprint density at radius 1 is 0.864 bits per heavy atom. The molecule has 0 fully saturated rings. The molecule has 1 aliphatic carbocycles. The second-order valence-corrected chi connectivity index (χ2v) is 5.78. The van der Waals surface area contributed by atoms with Crippen molar-refractivity contribution in [3.05, 3.63) is 71.4 Å². The van der Waals surface area contributed by atoms with Crippen molar-refractivity contribution in [1.29, 1.82) is 0 Å². The zero-order valence-corrected chi connectivity index (χ0v) is 12.5. The van der Waals surface area contributed by atoms with E-state index in [1.165, 1.54) is 24.1 Å². The summed E-state index contributed by atoms with van der Waals surface area (Å²) in [5.74, 6) is 0. The van der Waals surface area contributed by atoms with Gasteiger partial charge in [0.2, 0.25) is 0 Å². The third kappa shape index (κ3) is 2.41. The first-order valence-electron chi connectivity index (χ1n) is 7.91. The Labute approximate surface area is 130 Å². The van der Waals surface area contributed by atoms with Crippen molar-refractivity contribution in [3.8, 4) is 0 Å². The van der Waals surface area contributed by atoms with Gasteiger partial charge in [-0.2, -0.15) is 0 Å². The van der Waals surface area contributed by atoms with E-state index >= 15 is 0 Å². The lowest BCUT2D eigenvalue weighted by molar-refractivity contribution is 0.672. The summed E-state index contributed by atoms with van der Waals surface area (Å²) < 4.78 is 0. The van der Waals surface area contributed by atoms with Crippen LogP contribution in [0.4, 0.5) is 5.69 Å². The molecular formula is C20H18N2. The van der Waals surface area contributed by atoms with E-state index in [-0.39, 0.29) is 0 Å². The predicted molar refractivity (Wildman–Crippen MR) is 92.1 cm³/mol. The van der Waals surface area contributed by atoms with Crippen molar-refractivity contribution in [2.24, 2.45) is 4.99 Å². The van der Waals surface area contributed by atoms with E-state index in [2.05, 4.69) is 36.4 Å². The van der Waals surface area contributed by atoms with Gasteiger partial charge >= 0.3 is 0 Å². The number of rotatable bonds is 2. The number of benzene rings is 2. The minimum absolute atomic E-state index is 1.06. The molecule has 2 nitrogen and oxygen atoms in total. The van der Waals surface area contributed by atoms with Crippen LogP contribution in [0.3, 0.4) is 0 Å². The van der Waals surface area contributed by atoms with Crippen molar-refractivity contribution in [1.82, 2.24) is 4.98 Å². The third-order valence-electron chi connectivity index (χ3n) is 4.28. The molecule has 1 aliphatic rings. The van der Waals surface area contributed by atoms with Gasteiger partial charge in [-0.15, -0.1) is 0 Å². The summed E-state index contributed by atoms with van der Waals surface area (Å²) in [6.07, 6.45) is 6.61. The molecule has 22 heavy (non-hydrogen) atoms. The molecule has 0 spiro atoms. The summed E-state index contributed by atoms with van der Waals surface area (Å²) in [6.45, 7) is 0. The molecule has 0 atom stereocenters. The van der Waals surface area contributed by atoms with Crippen LogP contribution in [0.25, 0.3) is 10.9 Å². The number of hydrogen-bond donors (Lipinski definition) is 0. The molecule has 1 aromatic heterocycles. The Hall–Kier alpha value is -2.48. The third-order valence-corrected chi connectivity index (χ3v) is 4.28. The lowest BCUT2D eigenvalue weighted by Gasteiger charge is -2.18. The first-order chi connectivity index (χ1) is 10.9. The van der Waals surface area contributed by atoms with Crippen LogP contribution in [0.15, 0.2) is 59.6 Å². The standard InChI is InChI=1S/C20H18N2/c1-2-8-15(9-3-1)14-21-20-16-10-4-6-12-18(16)22-19-13-7-5-11-17(19)20/h1-4,6,8-10,12,14H,5,7,11,13H2/b21-14+. The molecule has 0 N–H and O–H groups in total. The number of fused-ring (bicyclic) bond motifs is 2. The van der Waals surface area contributed by atoms with Crippen molar-refractivity contribution >= 4 is 22.8 Å². The first-order valence-corrected chi connectivity index (χ1v) is 7.91. The van der Waals surface area contributed by atoms with Gasteiger partial charge in [0, 0.05) is 17.3 Å². The lowest BCUT2D eigenvalue weighted by Crippen LogP contribution is -2.06. The molecule has 108 valence electrons. The number of para-hydroxylation sites is 1. The van der Waals surface area contributed by atoms with Crippen molar-refractivity contribution in [3.63, 3.8) is 0 Å². The van der Waals surface area contributed by atoms with Gasteiger partial charge in [0.1, 0.15) is 0 Å². The molecular weight excluding hydrogens is 268 g/mol. The Kier molecular flexibility index (Phi) is 3.43. The van der Waals surface area contributed by atoms with Gasteiger partial charge in [-0.25, -0.2) is 0 Å². The highest BCUT2D eigenvalue weighted by atomic mass is 14.8. The fourth-order valence-electron chi connectivity index (χ4n) is 3.17. The molecule has 0 radical (unpaired) electrons. The number of pyridine rings is 1. The molecule has 0 saturated carbocycles. The predicted octanol–water partition coefficient (Wildman–Crippen LogP) is 4.86. The normalized spacial score (nSPS) is 14.4. The maximum atomic E-state index is 4.86. The highest BCUT2D eigenvalue weighted by Crippen LogP contribution is 2.35. The molecule has 0 saturated heterocycles. The highest BCUT2D eigenvalue weighted by molar-refractivity contribution is 5.95. The average Bonchev–Trinajstić information content (AvgIpc) is 2.59. The first kappa shape index (κ1) is 13.2. The smallest absolute Gasteiger partial charge is 0.0774 e. The molecule has 0 aliphatic heterocycles. The summed E-state index contributed by atoms with van der Waals surface area (Å²) >= 11 is 0. The molecule has 1 heterocycles. The quantitative estimate of drug-likeness (QED) is 0.617. The molecule has 2 aromatic carbocycles. The van der Waals surface area contributed by atoms with Crippen LogP contribution in [-0.2, 0) is 12.8 Å². The van der Waals surface area contributed by atoms with Crippen molar-refractivity contribution < 1.29 is 0 Å². The molecule has 3 aromatic rings. The second kappa shape index (κ2) is 5.72. The summed E-state index contributed by atoms with van der Waals surface area (Å²) in [6, 6.07) is 18.6. The zero-order valence-electron chi connectivity index (χ0n) is 12.5. The van der Waals surface area contributed by atoms with Crippen LogP contribution in [0.1, 0.15) is 29.7 Å². The lowest BCUT2D eigenvalue weighted by atomic mass is 9.93. The van der Waals surface area contributed by atoms with Gasteiger partial charge in [-0.1, -0.05) is 48.5 Å². The van der Waals surface area contributed by atoms with Gasteiger partial charge in [0.05, 0.1) is 11.2 Å². The maximum absolute atomic E-state index is 4.86. The van der Waals surface area contributed by atoms with E-state index in [1.54, 1.807) is 0 Å². The van der Waals surface area contributed by atoms with Gasteiger partial charge in [-0.05, 0) is 42.9 Å². The fraction of sp³-hybridized carbons (Fsp3) is 0.200. The van der Waals surface area contributed by atoms with E-state index in [0.717, 1.165) is 35.0 Å². The Bertz CT molecular complexity index is 835. The number of aliphatic imine (C=N–C) groups is 1. The van der Waals surface area contributed by atoms with Crippen molar-refractivity contribution in [2.75, 3.05) is 0 Å². The second-order valence-electron chi connectivity index (χ2n) is 5.78. The van der Waals surface area contributed by atoms with Crippen molar-refractivity contribution in [2.45, 2.75) is 25.7 Å². The Morgan fingerprint density at radius 3 is 2.55 bits per heavy atom. The molecule has 0 amide bonds. The fourth-order valence-corrected chi connectivity index (χ4v) is 3.17. The van der Waals surface area contributed by atoms with E-state index in [4.69, 9.17) is 9.98 Å². The van der Waals surface area contributed by atoms with Crippen LogP contribution in [0, 0.1) is 0 Å². The largest absolute Gasteiger partial charge is 0.255 e. The Balaban J connectivity index is 1.89. The summed E-state index contributed by atoms with van der Waals surface area (Å²) in [5, 5.41) is 1.16. The topological polar surface area (TPSA) is 25.2 Å². The zero-order chi connectivity index (χ0) is 14.8. The molecule has 4 rings (SSSR count). The van der Waals surface area contributed by atoms with Crippen LogP contribution < -0.4 is 0 Å². The highest BCUT2D eigenvalue weighted by Gasteiger charge is 2.17. The van der Waals surface area contributed by atoms with Gasteiger partial charge in [0.15, 0.2) is 0 Å².